The molecule has 4 rings (SSSR count). The fourth-order valence-electron chi connectivity index (χ4n) is 2.41. The highest BCUT2D eigenvalue weighted by Gasteiger charge is 2.18. The maximum absolute atomic E-state index is 5.94. The van der Waals surface area contributed by atoms with Crippen molar-refractivity contribution in [1.82, 2.24) is 9.55 Å². The lowest BCUT2D eigenvalue weighted by atomic mass is 10.2. The molecule has 2 heterocycles. The summed E-state index contributed by atoms with van der Waals surface area (Å²) in [5.74, 6) is 2.00. The zero-order valence-electron chi connectivity index (χ0n) is 10.6. The number of fused-ring (bicyclic) bond motifs is 3. The van der Waals surface area contributed by atoms with Crippen molar-refractivity contribution in [1.29, 1.82) is 0 Å². The molecule has 0 atom stereocenters. The van der Waals surface area contributed by atoms with Crippen molar-refractivity contribution in [3.63, 3.8) is 0 Å². The van der Waals surface area contributed by atoms with E-state index in [0.29, 0.717) is 0 Å². The van der Waals surface area contributed by atoms with Crippen molar-refractivity contribution in [2.75, 3.05) is 0 Å². The maximum atomic E-state index is 5.94. The van der Waals surface area contributed by atoms with E-state index in [9.17, 15) is 0 Å². The van der Waals surface area contributed by atoms with Crippen LogP contribution in [0.3, 0.4) is 0 Å². The molecule has 1 aromatic heterocycles. The van der Waals surface area contributed by atoms with E-state index < -0.39 is 0 Å². The molecular formula is C16H11ClN2S. The average Bonchev–Trinajstić information content (AvgIpc) is 2.92. The van der Waals surface area contributed by atoms with Gasteiger partial charge in [-0.25, -0.2) is 4.98 Å². The molecule has 1 aliphatic heterocycles. The van der Waals surface area contributed by atoms with Crippen molar-refractivity contribution in [3.8, 4) is 16.9 Å². The summed E-state index contributed by atoms with van der Waals surface area (Å²) in [5.41, 5.74) is 3.30. The van der Waals surface area contributed by atoms with Crippen molar-refractivity contribution in [3.05, 3.63) is 65.6 Å². The fourth-order valence-corrected chi connectivity index (χ4v) is 3.51. The first-order chi connectivity index (χ1) is 9.81. The van der Waals surface area contributed by atoms with Gasteiger partial charge in [-0.2, -0.15) is 0 Å². The molecule has 98 valence electrons. The van der Waals surface area contributed by atoms with Crippen LogP contribution >= 0.6 is 23.4 Å². The number of benzene rings is 2. The van der Waals surface area contributed by atoms with Gasteiger partial charge in [0.15, 0.2) is 0 Å². The second-order valence-corrected chi connectivity index (χ2v) is 6.13. The third-order valence-corrected chi connectivity index (χ3v) is 4.71. The second-order valence-electron chi connectivity index (χ2n) is 4.68. The van der Waals surface area contributed by atoms with Gasteiger partial charge in [-0.15, -0.1) is 11.8 Å². The standard InChI is InChI=1S/C16H11ClN2S/c17-12-7-5-11(6-8-12)13-9-19-14-3-1-2-4-15(14)20-10-16(19)18-13/h1-9H,10H2. The van der Waals surface area contributed by atoms with Crippen LogP contribution in [0.1, 0.15) is 5.82 Å². The number of hydrogen-bond acceptors (Lipinski definition) is 2. The number of thioether (sulfide) groups is 1. The molecule has 20 heavy (non-hydrogen) atoms. The minimum absolute atomic E-state index is 0.749. The Hall–Kier alpha value is -1.71. The van der Waals surface area contributed by atoms with Gasteiger partial charge in [0.1, 0.15) is 5.82 Å². The summed E-state index contributed by atoms with van der Waals surface area (Å²) in [6.45, 7) is 0. The first-order valence-corrected chi connectivity index (χ1v) is 7.74. The Labute approximate surface area is 126 Å². The summed E-state index contributed by atoms with van der Waals surface area (Å²) in [4.78, 5) is 6.05. The molecule has 0 saturated carbocycles. The Morgan fingerprint density at radius 1 is 1.05 bits per heavy atom. The molecular weight excluding hydrogens is 288 g/mol. The quantitative estimate of drug-likeness (QED) is 0.642. The first-order valence-electron chi connectivity index (χ1n) is 6.38. The van der Waals surface area contributed by atoms with Crippen LogP contribution in [0.4, 0.5) is 0 Å². The molecule has 2 aromatic carbocycles. The number of nitrogens with zero attached hydrogens (tertiary/aromatic N) is 2. The van der Waals surface area contributed by atoms with E-state index in [-0.39, 0.29) is 0 Å². The average molecular weight is 299 g/mol. The summed E-state index contributed by atoms with van der Waals surface area (Å²) >= 11 is 7.78. The highest BCUT2D eigenvalue weighted by molar-refractivity contribution is 7.98. The molecule has 1 aliphatic rings. The zero-order chi connectivity index (χ0) is 13.5. The minimum atomic E-state index is 0.749. The zero-order valence-corrected chi connectivity index (χ0v) is 12.2. The van der Waals surface area contributed by atoms with Gasteiger partial charge in [0.2, 0.25) is 0 Å². The molecule has 0 amide bonds. The number of rotatable bonds is 1. The summed E-state index contributed by atoms with van der Waals surface area (Å²) in [7, 11) is 0. The van der Waals surface area contributed by atoms with Crippen LogP contribution in [-0.4, -0.2) is 9.55 Å². The topological polar surface area (TPSA) is 17.8 Å². The van der Waals surface area contributed by atoms with Crippen molar-refractivity contribution in [2.45, 2.75) is 10.6 Å². The van der Waals surface area contributed by atoms with Gasteiger partial charge in [-0.3, -0.25) is 0 Å². The number of hydrogen-bond donors (Lipinski definition) is 0. The molecule has 0 bridgehead atoms. The van der Waals surface area contributed by atoms with Gasteiger partial charge >= 0.3 is 0 Å². The van der Waals surface area contributed by atoms with E-state index >= 15 is 0 Å². The third kappa shape index (κ3) is 1.94. The molecule has 3 aromatic rings. The lowest BCUT2D eigenvalue weighted by molar-refractivity contribution is 0.922. The van der Waals surface area contributed by atoms with Gasteiger partial charge in [0, 0.05) is 21.7 Å². The van der Waals surface area contributed by atoms with Gasteiger partial charge in [-0.1, -0.05) is 35.9 Å². The fraction of sp³-hybridized carbons (Fsp3) is 0.0625. The SMILES string of the molecule is Clc1ccc(-c2cn3c(n2)CSc2ccccc2-3)cc1. The third-order valence-electron chi connectivity index (χ3n) is 3.40. The van der Waals surface area contributed by atoms with Crippen LogP contribution < -0.4 is 0 Å². The van der Waals surface area contributed by atoms with Crippen LogP contribution in [0.2, 0.25) is 5.02 Å². The van der Waals surface area contributed by atoms with Crippen LogP contribution in [0, 0.1) is 0 Å². The van der Waals surface area contributed by atoms with E-state index in [2.05, 4.69) is 35.0 Å². The number of imidazole rings is 1. The first kappa shape index (κ1) is 12.1. The van der Waals surface area contributed by atoms with Gasteiger partial charge < -0.3 is 4.57 Å². The monoisotopic (exact) mass is 298 g/mol. The lowest BCUT2D eigenvalue weighted by Gasteiger charge is -2.16. The highest BCUT2D eigenvalue weighted by Crippen LogP contribution is 2.36. The van der Waals surface area contributed by atoms with E-state index in [0.717, 1.165) is 27.9 Å². The van der Waals surface area contributed by atoms with Gasteiger partial charge in [0.25, 0.3) is 0 Å². The van der Waals surface area contributed by atoms with Crippen LogP contribution in [0.5, 0.6) is 0 Å². The summed E-state index contributed by atoms with van der Waals surface area (Å²) < 4.78 is 2.19. The van der Waals surface area contributed by atoms with Crippen molar-refractivity contribution < 1.29 is 0 Å². The molecule has 0 unspecified atom stereocenters. The predicted octanol–water partition coefficient (Wildman–Crippen LogP) is 4.80. The van der Waals surface area contributed by atoms with Crippen LogP contribution in [0.25, 0.3) is 16.9 Å². The normalized spacial score (nSPS) is 12.8. The largest absolute Gasteiger partial charge is 0.301 e. The van der Waals surface area contributed by atoms with E-state index in [1.165, 1.54) is 10.6 Å². The van der Waals surface area contributed by atoms with Crippen molar-refractivity contribution >= 4 is 23.4 Å². The Morgan fingerprint density at radius 3 is 2.70 bits per heavy atom. The van der Waals surface area contributed by atoms with Gasteiger partial charge in [-0.05, 0) is 24.3 Å². The van der Waals surface area contributed by atoms with Crippen LogP contribution in [0.15, 0.2) is 59.6 Å². The van der Waals surface area contributed by atoms with Crippen LogP contribution in [-0.2, 0) is 5.75 Å². The molecule has 2 nitrogen and oxygen atoms in total. The molecule has 0 aliphatic carbocycles. The molecule has 4 heteroatoms. The summed E-state index contributed by atoms with van der Waals surface area (Å²) in [6, 6.07) is 16.3. The smallest absolute Gasteiger partial charge is 0.124 e. The van der Waals surface area contributed by atoms with Crippen molar-refractivity contribution in [2.24, 2.45) is 0 Å². The van der Waals surface area contributed by atoms with E-state index in [1.54, 1.807) is 0 Å². The highest BCUT2D eigenvalue weighted by atomic mass is 35.5. The minimum Gasteiger partial charge on any atom is -0.301 e. The molecule has 0 N–H and O–H groups in total. The summed E-state index contributed by atoms with van der Waals surface area (Å²) in [6.07, 6.45) is 2.11. The van der Waals surface area contributed by atoms with E-state index in [4.69, 9.17) is 16.6 Å². The Morgan fingerprint density at radius 2 is 1.85 bits per heavy atom. The summed E-state index contributed by atoms with van der Waals surface area (Å²) in [5, 5.41) is 0.749. The number of aromatic nitrogens is 2. The molecule has 0 fully saturated rings. The van der Waals surface area contributed by atoms with Gasteiger partial charge in [0.05, 0.1) is 17.1 Å². The predicted molar refractivity (Wildman–Crippen MR) is 83.6 cm³/mol. The van der Waals surface area contributed by atoms with E-state index in [1.807, 2.05) is 36.0 Å². The second kappa shape index (κ2) is 4.69. The molecule has 0 radical (unpaired) electrons. The Balaban J connectivity index is 1.84. The lowest BCUT2D eigenvalue weighted by Crippen LogP contribution is -2.04. The number of para-hydroxylation sites is 1. The maximum Gasteiger partial charge on any atom is 0.124 e. The Kier molecular flexibility index (Phi) is 2.83. The number of halogens is 1. The Bertz CT molecular complexity index is 777. The molecule has 0 saturated heterocycles. The molecule has 0 spiro atoms.